The smallest absolute Gasteiger partial charge is 0.406 e. The van der Waals surface area contributed by atoms with E-state index in [1.54, 1.807) is 13.0 Å². The monoisotopic (exact) mass is 232 g/mol. The van der Waals surface area contributed by atoms with Crippen LogP contribution in [-0.4, -0.2) is 18.1 Å². The van der Waals surface area contributed by atoms with Gasteiger partial charge in [-0.25, -0.2) is 0 Å². The zero-order valence-corrected chi connectivity index (χ0v) is 8.58. The third-order valence-corrected chi connectivity index (χ3v) is 1.94. The fraction of sp³-hybridized carbons (Fsp3) is 0.273. The second kappa shape index (κ2) is 5.03. The van der Waals surface area contributed by atoms with E-state index in [1.165, 1.54) is 24.3 Å². The third-order valence-electron chi connectivity index (χ3n) is 1.94. The van der Waals surface area contributed by atoms with Crippen LogP contribution < -0.4 is 4.74 Å². The van der Waals surface area contributed by atoms with Gasteiger partial charge in [0.1, 0.15) is 5.75 Å². The summed E-state index contributed by atoms with van der Waals surface area (Å²) in [5.74, 6) is -0.256. The molecule has 0 aliphatic heterocycles. The highest BCUT2D eigenvalue weighted by Crippen LogP contribution is 2.24. The Kier molecular flexibility index (Phi) is 3.95. The Balaban J connectivity index is 2.79. The molecule has 5 heteroatoms. The quantitative estimate of drug-likeness (QED) is 0.868. The zero-order valence-electron chi connectivity index (χ0n) is 8.58. The number of halogens is 3. The number of rotatable bonds is 3. The first-order chi connectivity index (χ1) is 7.42. The molecule has 0 atom stereocenters. The Bertz CT molecular complexity index is 366. The van der Waals surface area contributed by atoms with Gasteiger partial charge in [0.15, 0.2) is 0 Å². The molecule has 1 rings (SSSR count). The number of allylic oxidation sites excluding steroid dienone is 1. The van der Waals surface area contributed by atoms with E-state index >= 15 is 0 Å². The van der Waals surface area contributed by atoms with E-state index in [2.05, 4.69) is 4.74 Å². The summed E-state index contributed by atoms with van der Waals surface area (Å²) in [6.07, 6.45) is -3.10. The maximum atomic E-state index is 11.9. The topological polar surface area (TPSA) is 29.5 Å². The molecule has 0 fully saturated rings. The van der Waals surface area contributed by atoms with Crippen molar-refractivity contribution < 1.29 is 23.0 Å². The van der Waals surface area contributed by atoms with Crippen molar-refractivity contribution in [3.05, 3.63) is 35.9 Å². The van der Waals surface area contributed by atoms with E-state index in [9.17, 15) is 13.2 Å². The maximum Gasteiger partial charge on any atom is 0.573 e. The Morgan fingerprint density at radius 1 is 1.31 bits per heavy atom. The van der Waals surface area contributed by atoms with Crippen LogP contribution in [0.1, 0.15) is 12.5 Å². The van der Waals surface area contributed by atoms with E-state index in [-0.39, 0.29) is 12.4 Å². The highest BCUT2D eigenvalue weighted by Gasteiger charge is 2.30. The highest BCUT2D eigenvalue weighted by atomic mass is 19.4. The third kappa shape index (κ3) is 3.94. The summed E-state index contributed by atoms with van der Waals surface area (Å²) in [4.78, 5) is 0. The van der Waals surface area contributed by atoms with Crippen molar-refractivity contribution in [3.8, 4) is 5.75 Å². The van der Waals surface area contributed by atoms with E-state index < -0.39 is 6.36 Å². The van der Waals surface area contributed by atoms with Crippen molar-refractivity contribution in [1.29, 1.82) is 0 Å². The van der Waals surface area contributed by atoms with Crippen molar-refractivity contribution in [3.63, 3.8) is 0 Å². The van der Waals surface area contributed by atoms with Crippen LogP contribution >= 0.6 is 0 Å². The van der Waals surface area contributed by atoms with E-state index in [0.29, 0.717) is 0 Å². The van der Waals surface area contributed by atoms with Gasteiger partial charge in [0.2, 0.25) is 0 Å². The van der Waals surface area contributed by atoms with Crippen LogP contribution in [0.3, 0.4) is 0 Å². The lowest BCUT2D eigenvalue weighted by atomic mass is 10.1. The Hall–Kier alpha value is -1.49. The summed E-state index contributed by atoms with van der Waals surface area (Å²) in [7, 11) is 0. The normalized spacial score (nSPS) is 12.7. The number of benzene rings is 1. The molecule has 0 saturated carbocycles. The van der Waals surface area contributed by atoms with E-state index in [1.807, 2.05) is 0 Å². The van der Waals surface area contributed by atoms with Gasteiger partial charge in [-0.1, -0.05) is 18.2 Å². The van der Waals surface area contributed by atoms with Crippen LogP contribution in [0.2, 0.25) is 0 Å². The second-order valence-electron chi connectivity index (χ2n) is 3.14. The average molecular weight is 232 g/mol. The Labute approximate surface area is 91.0 Å². The molecule has 1 aromatic carbocycles. The lowest BCUT2D eigenvalue weighted by molar-refractivity contribution is -0.274. The average Bonchev–Trinajstić information content (AvgIpc) is 2.16. The molecule has 2 nitrogen and oxygen atoms in total. The lowest BCUT2D eigenvalue weighted by Gasteiger charge is -2.09. The van der Waals surface area contributed by atoms with Gasteiger partial charge < -0.3 is 9.84 Å². The molecular weight excluding hydrogens is 221 g/mol. The molecule has 0 aliphatic rings. The number of hydrogen-bond acceptors (Lipinski definition) is 2. The maximum absolute atomic E-state index is 11.9. The number of alkyl halides is 3. The van der Waals surface area contributed by atoms with Gasteiger partial charge in [0.05, 0.1) is 6.61 Å². The summed E-state index contributed by atoms with van der Waals surface area (Å²) in [6.45, 7) is 1.66. The highest BCUT2D eigenvalue weighted by molar-refractivity contribution is 5.64. The van der Waals surface area contributed by atoms with Crippen molar-refractivity contribution in [2.75, 3.05) is 6.61 Å². The van der Waals surface area contributed by atoms with Crippen molar-refractivity contribution >= 4 is 5.57 Å². The largest absolute Gasteiger partial charge is 0.573 e. The van der Waals surface area contributed by atoms with Crippen molar-refractivity contribution in [2.45, 2.75) is 13.3 Å². The van der Waals surface area contributed by atoms with Gasteiger partial charge in [-0.15, -0.1) is 13.2 Å². The van der Waals surface area contributed by atoms with Crippen LogP contribution in [0, 0.1) is 0 Å². The first-order valence-electron chi connectivity index (χ1n) is 4.56. The predicted molar refractivity (Wildman–Crippen MR) is 53.9 cm³/mol. The predicted octanol–water partition coefficient (Wildman–Crippen LogP) is 2.98. The van der Waals surface area contributed by atoms with Gasteiger partial charge in [-0.05, 0) is 30.2 Å². The number of hydrogen-bond donors (Lipinski definition) is 1. The van der Waals surface area contributed by atoms with Gasteiger partial charge >= 0.3 is 6.36 Å². The summed E-state index contributed by atoms with van der Waals surface area (Å²) >= 11 is 0. The first-order valence-corrected chi connectivity index (χ1v) is 4.56. The van der Waals surface area contributed by atoms with Crippen molar-refractivity contribution in [2.24, 2.45) is 0 Å². The van der Waals surface area contributed by atoms with Crippen LogP contribution in [0.5, 0.6) is 5.75 Å². The Morgan fingerprint density at radius 3 is 2.31 bits per heavy atom. The standard InChI is InChI=1S/C11H11F3O2/c1-8(6-7-15)9-2-4-10(5-3-9)16-11(12,13)14/h2-6,15H,7H2,1H3/b8-6+. The zero-order chi connectivity index (χ0) is 12.2. The van der Waals surface area contributed by atoms with Crippen LogP contribution in [0.15, 0.2) is 30.3 Å². The Morgan fingerprint density at radius 2 is 1.88 bits per heavy atom. The summed E-state index contributed by atoms with van der Waals surface area (Å²) < 4.78 is 39.3. The first kappa shape index (κ1) is 12.6. The molecule has 1 aromatic rings. The molecule has 16 heavy (non-hydrogen) atoms. The fourth-order valence-electron chi connectivity index (χ4n) is 1.17. The minimum atomic E-state index is -4.67. The van der Waals surface area contributed by atoms with Crippen LogP contribution in [-0.2, 0) is 0 Å². The minimum absolute atomic E-state index is 0.105. The molecule has 1 N–H and O–H groups in total. The minimum Gasteiger partial charge on any atom is -0.406 e. The molecule has 0 saturated heterocycles. The van der Waals surface area contributed by atoms with E-state index in [0.717, 1.165) is 11.1 Å². The summed E-state index contributed by atoms with van der Waals surface area (Å²) in [5, 5.41) is 8.66. The molecule has 0 spiro atoms. The second-order valence-corrected chi connectivity index (χ2v) is 3.14. The molecule has 0 aliphatic carbocycles. The SMILES string of the molecule is C/C(=C\CO)c1ccc(OC(F)(F)F)cc1. The molecule has 0 heterocycles. The van der Waals surface area contributed by atoms with Gasteiger partial charge in [-0.3, -0.25) is 0 Å². The summed E-state index contributed by atoms with van der Waals surface area (Å²) in [6, 6.07) is 5.47. The molecule has 0 radical (unpaired) electrons. The van der Waals surface area contributed by atoms with Crippen LogP contribution in [0.4, 0.5) is 13.2 Å². The molecule has 88 valence electrons. The van der Waals surface area contributed by atoms with E-state index in [4.69, 9.17) is 5.11 Å². The van der Waals surface area contributed by atoms with Gasteiger partial charge in [0, 0.05) is 0 Å². The number of aliphatic hydroxyl groups is 1. The lowest BCUT2D eigenvalue weighted by Crippen LogP contribution is -2.16. The van der Waals surface area contributed by atoms with Crippen molar-refractivity contribution in [1.82, 2.24) is 0 Å². The molecule has 0 unspecified atom stereocenters. The van der Waals surface area contributed by atoms with Crippen LogP contribution in [0.25, 0.3) is 5.57 Å². The molecule has 0 bridgehead atoms. The number of ether oxygens (including phenoxy) is 1. The summed E-state index contributed by atoms with van der Waals surface area (Å²) in [5.41, 5.74) is 1.53. The number of aliphatic hydroxyl groups excluding tert-OH is 1. The molecule has 0 aromatic heterocycles. The van der Waals surface area contributed by atoms with Gasteiger partial charge in [0.25, 0.3) is 0 Å². The van der Waals surface area contributed by atoms with Gasteiger partial charge in [-0.2, -0.15) is 0 Å². The molecular formula is C11H11F3O2. The molecule has 0 amide bonds. The fourth-order valence-corrected chi connectivity index (χ4v) is 1.17.